The number of hydrogen-bond acceptors (Lipinski definition) is 5. The van der Waals surface area contributed by atoms with Crippen LogP contribution in [-0.4, -0.2) is 60.1 Å². The van der Waals surface area contributed by atoms with Crippen LogP contribution in [0.2, 0.25) is 0 Å². The van der Waals surface area contributed by atoms with Gasteiger partial charge in [0.05, 0.1) is 12.2 Å². The third-order valence-electron chi connectivity index (χ3n) is 3.95. The first-order valence-electron chi connectivity index (χ1n) is 8.01. The number of aliphatic hydroxyl groups excluding tert-OH is 1. The summed E-state index contributed by atoms with van der Waals surface area (Å²) >= 11 is 0. The number of β-amino-alcohol motifs (C(OH)–C–C–N with tert-alkyl or cyclic N) is 1. The summed E-state index contributed by atoms with van der Waals surface area (Å²) in [7, 11) is 0. The highest BCUT2D eigenvalue weighted by Gasteiger charge is 2.30. The lowest BCUT2D eigenvalue weighted by molar-refractivity contribution is -0.137. The number of nitrogens with zero attached hydrogens (tertiary/aromatic N) is 3. The van der Waals surface area contributed by atoms with Crippen LogP contribution in [0.1, 0.15) is 5.56 Å². The standard InChI is InChI=1S/C17H19F3N4O2/c18-17(19,20)14-2-1-3-15(10-14)22-16(26)13(11-21)12-24-6-4-23(5-7-24)8-9-25/h1-3,10,12,25H,4-9H2,(H,22,26)/b13-12-. The Labute approximate surface area is 149 Å². The molecule has 26 heavy (non-hydrogen) atoms. The number of benzene rings is 1. The smallest absolute Gasteiger partial charge is 0.395 e. The molecule has 0 spiro atoms. The average Bonchev–Trinajstić information content (AvgIpc) is 2.60. The van der Waals surface area contributed by atoms with Gasteiger partial charge in [0, 0.05) is 44.6 Å². The van der Waals surface area contributed by atoms with E-state index in [1.807, 2.05) is 0 Å². The molecule has 1 aromatic carbocycles. The van der Waals surface area contributed by atoms with E-state index in [9.17, 15) is 23.2 Å². The molecule has 1 aromatic rings. The zero-order valence-electron chi connectivity index (χ0n) is 14.0. The van der Waals surface area contributed by atoms with Crippen LogP contribution in [0.25, 0.3) is 0 Å². The van der Waals surface area contributed by atoms with Gasteiger partial charge in [0.15, 0.2) is 0 Å². The maximum atomic E-state index is 12.7. The molecule has 0 bridgehead atoms. The average molecular weight is 368 g/mol. The van der Waals surface area contributed by atoms with Gasteiger partial charge in [0.1, 0.15) is 11.6 Å². The van der Waals surface area contributed by atoms with Crippen LogP contribution in [0.15, 0.2) is 36.0 Å². The van der Waals surface area contributed by atoms with E-state index in [1.54, 1.807) is 11.0 Å². The van der Waals surface area contributed by atoms with Gasteiger partial charge in [-0.1, -0.05) is 6.07 Å². The molecular formula is C17H19F3N4O2. The highest BCUT2D eigenvalue weighted by Crippen LogP contribution is 2.30. The second-order valence-corrected chi connectivity index (χ2v) is 5.79. The van der Waals surface area contributed by atoms with E-state index in [0.717, 1.165) is 12.1 Å². The molecule has 6 nitrogen and oxygen atoms in total. The van der Waals surface area contributed by atoms with Gasteiger partial charge in [0.2, 0.25) is 0 Å². The zero-order valence-corrected chi connectivity index (χ0v) is 14.0. The molecule has 1 saturated heterocycles. The number of piperazine rings is 1. The van der Waals surface area contributed by atoms with E-state index in [4.69, 9.17) is 5.11 Å². The summed E-state index contributed by atoms with van der Waals surface area (Å²) in [6.07, 6.45) is -3.10. The maximum absolute atomic E-state index is 12.7. The number of nitrogens with one attached hydrogen (secondary N) is 1. The monoisotopic (exact) mass is 368 g/mol. The largest absolute Gasteiger partial charge is 0.416 e. The van der Waals surface area contributed by atoms with Crippen molar-refractivity contribution < 1.29 is 23.1 Å². The van der Waals surface area contributed by atoms with Crippen LogP contribution in [0, 0.1) is 11.3 Å². The summed E-state index contributed by atoms with van der Waals surface area (Å²) in [5, 5.41) is 20.4. The van der Waals surface area contributed by atoms with Crippen molar-refractivity contribution in [1.82, 2.24) is 9.80 Å². The Morgan fingerprint density at radius 2 is 2.00 bits per heavy atom. The molecule has 1 amide bonds. The fraction of sp³-hybridized carbons (Fsp3) is 0.412. The molecule has 0 radical (unpaired) electrons. The van der Waals surface area contributed by atoms with E-state index in [1.165, 1.54) is 18.3 Å². The molecule has 1 heterocycles. The zero-order chi connectivity index (χ0) is 19.2. The van der Waals surface area contributed by atoms with Gasteiger partial charge in [-0.05, 0) is 18.2 Å². The molecule has 1 aliphatic heterocycles. The second kappa shape index (κ2) is 8.69. The third-order valence-corrected chi connectivity index (χ3v) is 3.95. The number of amides is 1. The summed E-state index contributed by atoms with van der Waals surface area (Å²) in [6, 6.07) is 6.03. The number of halogens is 3. The van der Waals surface area contributed by atoms with Crippen molar-refractivity contribution in [3.8, 4) is 6.07 Å². The Hall–Kier alpha value is -2.57. The van der Waals surface area contributed by atoms with E-state index in [2.05, 4.69) is 10.2 Å². The first-order chi connectivity index (χ1) is 12.3. The number of carbonyl (C=O) groups is 1. The number of anilines is 1. The van der Waals surface area contributed by atoms with E-state index < -0.39 is 17.6 Å². The molecule has 0 saturated carbocycles. The predicted octanol–water partition coefficient (Wildman–Crippen LogP) is 1.66. The van der Waals surface area contributed by atoms with Gasteiger partial charge in [-0.15, -0.1) is 0 Å². The van der Waals surface area contributed by atoms with Crippen LogP contribution >= 0.6 is 0 Å². The molecule has 1 fully saturated rings. The number of aliphatic hydroxyl groups is 1. The van der Waals surface area contributed by atoms with Crippen molar-refractivity contribution in [2.75, 3.05) is 44.6 Å². The minimum absolute atomic E-state index is 0.0289. The highest BCUT2D eigenvalue weighted by atomic mass is 19.4. The molecule has 0 atom stereocenters. The van der Waals surface area contributed by atoms with Gasteiger partial charge in [-0.2, -0.15) is 18.4 Å². The summed E-state index contributed by atoms with van der Waals surface area (Å²) < 4.78 is 38.2. The van der Waals surface area contributed by atoms with E-state index >= 15 is 0 Å². The summed E-state index contributed by atoms with van der Waals surface area (Å²) in [4.78, 5) is 16.1. The maximum Gasteiger partial charge on any atom is 0.416 e. The van der Waals surface area contributed by atoms with Crippen LogP contribution in [0.3, 0.4) is 0 Å². The normalized spacial score (nSPS) is 16.3. The van der Waals surface area contributed by atoms with Crippen molar-refractivity contribution in [2.24, 2.45) is 0 Å². The highest BCUT2D eigenvalue weighted by molar-refractivity contribution is 6.06. The number of rotatable bonds is 5. The molecular weight excluding hydrogens is 349 g/mol. The summed E-state index contributed by atoms with van der Waals surface area (Å²) in [5.41, 5.74) is -1.09. The topological polar surface area (TPSA) is 79.6 Å². The van der Waals surface area contributed by atoms with Crippen molar-refractivity contribution in [2.45, 2.75) is 6.18 Å². The third kappa shape index (κ3) is 5.47. The Balaban J connectivity index is 2.02. The predicted molar refractivity (Wildman–Crippen MR) is 88.9 cm³/mol. The Kier molecular flexibility index (Phi) is 6.60. The van der Waals surface area contributed by atoms with Crippen LogP contribution < -0.4 is 5.32 Å². The quantitative estimate of drug-likeness (QED) is 0.610. The SMILES string of the molecule is N#C/C(=C/N1CCN(CCO)CC1)C(=O)Nc1cccc(C(F)(F)F)c1. The number of alkyl halides is 3. The van der Waals surface area contributed by atoms with E-state index in [0.29, 0.717) is 32.7 Å². The minimum Gasteiger partial charge on any atom is -0.395 e. The number of hydrogen-bond donors (Lipinski definition) is 2. The Morgan fingerprint density at radius 3 is 2.58 bits per heavy atom. The molecule has 2 rings (SSSR count). The number of nitriles is 1. The van der Waals surface area contributed by atoms with Gasteiger partial charge < -0.3 is 15.3 Å². The van der Waals surface area contributed by atoms with Crippen molar-refractivity contribution >= 4 is 11.6 Å². The summed E-state index contributed by atoms with van der Waals surface area (Å²) in [6.45, 7) is 3.18. The number of carbonyl (C=O) groups excluding carboxylic acids is 1. The Morgan fingerprint density at radius 1 is 1.31 bits per heavy atom. The first kappa shape index (κ1) is 19.8. The molecule has 0 aliphatic carbocycles. The molecule has 0 unspecified atom stereocenters. The lowest BCUT2D eigenvalue weighted by Crippen LogP contribution is -2.45. The van der Waals surface area contributed by atoms with Gasteiger partial charge in [-0.25, -0.2) is 0 Å². The summed E-state index contributed by atoms with van der Waals surface area (Å²) in [5.74, 6) is -0.760. The molecule has 1 aliphatic rings. The lowest BCUT2D eigenvalue weighted by atomic mass is 10.2. The van der Waals surface area contributed by atoms with Crippen LogP contribution in [-0.2, 0) is 11.0 Å². The fourth-order valence-electron chi connectivity index (χ4n) is 2.55. The van der Waals surface area contributed by atoms with Gasteiger partial charge in [-0.3, -0.25) is 9.69 Å². The first-order valence-corrected chi connectivity index (χ1v) is 8.01. The van der Waals surface area contributed by atoms with Crippen LogP contribution in [0.5, 0.6) is 0 Å². The van der Waals surface area contributed by atoms with Crippen molar-refractivity contribution in [3.63, 3.8) is 0 Å². The fourth-order valence-corrected chi connectivity index (χ4v) is 2.55. The lowest BCUT2D eigenvalue weighted by Gasteiger charge is -2.33. The van der Waals surface area contributed by atoms with Gasteiger partial charge in [0.25, 0.3) is 5.91 Å². The van der Waals surface area contributed by atoms with E-state index in [-0.39, 0.29) is 17.9 Å². The second-order valence-electron chi connectivity index (χ2n) is 5.79. The van der Waals surface area contributed by atoms with Crippen molar-refractivity contribution in [3.05, 3.63) is 41.6 Å². The van der Waals surface area contributed by atoms with Gasteiger partial charge >= 0.3 is 6.18 Å². The minimum atomic E-state index is -4.51. The molecule has 140 valence electrons. The molecule has 0 aromatic heterocycles. The molecule has 2 N–H and O–H groups in total. The Bertz CT molecular complexity index is 705. The van der Waals surface area contributed by atoms with Crippen LogP contribution in [0.4, 0.5) is 18.9 Å². The van der Waals surface area contributed by atoms with Crippen molar-refractivity contribution in [1.29, 1.82) is 5.26 Å². The molecule has 9 heteroatoms.